The second-order valence-electron chi connectivity index (χ2n) is 5.10. The van der Waals surface area contributed by atoms with Gasteiger partial charge < -0.3 is 4.74 Å². The van der Waals surface area contributed by atoms with E-state index >= 15 is 0 Å². The minimum absolute atomic E-state index is 0.115. The molecule has 1 atom stereocenters. The van der Waals surface area contributed by atoms with Crippen molar-refractivity contribution in [3.8, 4) is 0 Å². The summed E-state index contributed by atoms with van der Waals surface area (Å²) in [5.74, 6) is 0.793. The van der Waals surface area contributed by atoms with Crippen LogP contribution < -0.4 is 0 Å². The monoisotopic (exact) mass is 266 g/mol. The Kier molecular flexibility index (Phi) is 4.52. The maximum absolute atomic E-state index is 11.9. The van der Waals surface area contributed by atoms with Gasteiger partial charge in [-0.3, -0.25) is 9.69 Å². The molecule has 1 aliphatic rings. The van der Waals surface area contributed by atoms with Gasteiger partial charge in [-0.05, 0) is 40.2 Å². The molecule has 19 heavy (non-hydrogen) atoms. The summed E-state index contributed by atoms with van der Waals surface area (Å²) < 4.78 is 7.03. The van der Waals surface area contributed by atoms with E-state index in [1.807, 2.05) is 11.6 Å². The normalized spacial score (nSPS) is 20.1. The molecule has 0 bridgehead atoms. The van der Waals surface area contributed by atoms with Gasteiger partial charge in [-0.25, -0.2) is 9.67 Å². The smallest absolute Gasteiger partial charge is 0.323 e. The van der Waals surface area contributed by atoms with Crippen LogP contribution in [0.4, 0.5) is 0 Å². The second kappa shape index (κ2) is 6.14. The molecule has 0 amide bonds. The zero-order chi connectivity index (χ0) is 13.8. The lowest BCUT2D eigenvalue weighted by atomic mass is 10.2. The molecule has 0 aliphatic carbocycles. The fourth-order valence-corrected chi connectivity index (χ4v) is 2.52. The van der Waals surface area contributed by atoms with Gasteiger partial charge in [0, 0.05) is 6.04 Å². The molecule has 0 radical (unpaired) electrons. The Morgan fingerprint density at radius 2 is 2.37 bits per heavy atom. The number of carbonyl (C=O) groups is 1. The van der Waals surface area contributed by atoms with E-state index in [0.717, 1.165) is 25.2 Å². The van der Waals surface area contributed by atoms with Gasteiger partial charge in [-0.1, -0.05) is 0 Å². The van der Waals surface area contributed by atoms with E-state index in [4.69, 9.17) is 4.74 Å². The third-order valence-corrected chi connectivity index (χ3v) is 3.40. The Hall–Kier alpha value is -1.43. The maximum atomic E-state index is 11.9. The molecule has 0 saturated carbocycles. The first-order chi connectivity index (χ1) is 9.13. The van der Waals surface area contributed by atoms with E-state index in [1.165, 1.54) is 0 Å². The van der Waals surface area contributed by atoms with E-state index in [-0.39, 0.29) is 18.1 Å². The minimum Gasteiger partial charge on any atom is -0.465 e. The molecule has 2 heterocycles. The first-order valence-electron chi connectivity index (χ1n) is 6.92. The summed E-state index contributed by atoms with van der Waals surface area (Å²) in [5, 5.41) is 4.23. The van der Waals surface area contributed by atoms with Crippen LogP contribution in [-0.4, -0.2) is 44.8 Å². The van der Waals surface area contributed by atoms with Crippen LogP contribution >= 0.6 is 0 Å². The summed E-state index contributed by atoms with van der Waals surface area (Å²) in [7, 11) is 0. The molecule has 1 fully saturated rings. The lowest BCUT2D eigenvalue weighted by Crippen LogP contribution is -2.37. The molecule has 1 saturated heterocycles. The van der Waals surface area contributed by atoms with Crippen LogP contribution in [0.1, 0.15) is 45.5 Å². The molecule has 1 aromatic rings. The predicted octanol–water partition coefficient (Wildman–Crippen LogP) is 1.39. The van der Waals surface area contributed by atoms with Crippen LogP contribution in [0, 0.1) is 0 Å². The van der Waals surface area contributed by atoms with E-state index in [0.29, 0.717) is 13.2 Å². The Balaban J connectivity index is 2.05. The topological polar surface area (TPSA) is 60.2 Å². The van der Waals surface area contributed by atoms with Crippen LogP contribution in [0.3, 0.4) is 0 Å². The first-order valence-corrected chi connectivity index (χ1v) is 6.92. The van der Waals surface area contributed by atoms with Crippen molar-refractivity contribution in [1.82, 2.24) is 19.7 Å². The molecule has 0 aromatic carbocycles. The number of likely N-dealkylation sites (tertiary alicyclic amines) is 1. The fourth-order valence-electron chi connectivity index (χ4n) is 2.52. The molecule has 106 valence electrons. The average molecular weight is 266 g/mol. The van der Waals surface area contributed by atoms with Crippen molar-refractivity contribution in [2.75, 3.05) is 13.2 Å². The van der Waals surface area contributed by atoms with Crippen molar-refractivity contribution in [2.45, 2.75) is 52.2 Å². The third-order valence-electron chi connectivity index (χ3n) is 3.40. The SMILES string of the molecule is CCOC(=O)C1CCCN1Cc1ncnn1C(C)C. The number of nitrogens with zero attached hydrogens (tertiary/aromatic N) is 4. The first kappa shape index (κ1) is 14.0. The van der Waals surface area contributed by atoms with Gasteiger partial charge >= 0.3 is 5.97 Å². The van der Waals surface area contributed by atoms with Gasteiger partial charge in [0.05, 0.1) is 13.2 Å². The van der Waals surface area contributed by atoms with Gasteiger partial charge in [0.2, 0.25) is 0 Å². The molecular formula is C13H22N4O2. The van der Waals surface area contributed by atoms with Crippen molar-refractivity contribution in [3.05, 3.63) is 12.2 Å². The highest BCUT2D eigenvalue weighted by molar-refractivity contribution is 5.76. The highest BCUT2D eigenvalue weighted by atomic mass is 16.5. The number of esters is 1. The average Bonchev–Trinajstić information content (AvgIpc) is 2.98. The Morgan fingerprint density at radius 1 is 1.58 bits per heavy atom. The van der Waals surface area contributed by atoms with Crippen molar-refractivity contribution in [2.24, 2.45) is 0 Å². The Morgan fingerprint density at radius 3 is 3.05 bits per heavy atom. The molecular weight excluding hydrogens is 244 g/mol. The minimum atomic E-state index is -0.128. The van der Waals surface area contributed by atoms with Gasteiger partial charge in [0.15, 0.2) is 0 Å². The summed E-state index contributed by atoms with van der Waals surface area (Å²) in [6.45, 7) is 7.99. The van der Waals surface area contributed by atoms with Crippen molar-refractivity contribution in [3.63, 3.8) is 0 Å². The van der Waals surface area contributed by atoms with Crippen molar-refractivity contribution >= 4 is 5.97 Å². The number of carbonyl (C=O) groups excluding carboxylic acids is 1. The molecule has 6 nitrogen and oxygen atoms in total. The zero-order valence-corrected chi connectivity index (χ0v) is 11.9. The van der Waals surface area contributed by atoms with Crippen LogP contribution in [0.15, 0.2) is 6.33 Å². The molecule has 2 rings (SSSR count). The van der Waals surface area contributed by atoms with Crippen LogP contribution in [0.5, 0.6) is 0 Å². The van der Waals surface area contributed by atoms with Crippen molar-refractivity contribution < 1.29 is 9.53 Å². The lowest BCUT2D eigenvalue weighted by Gasteiger charge is -2.22. The summed E-state index contributed by atoms with van der Waals surface area (Å²) in [6, 6.07) is 0.151. The molecule has 1 unspecified atom stereocenters. The Labute approximate surface area is 113 Å². The number of hydrogen-bond acceptors (Lipinski definition) is 5. The van der Waals surface area contributed by atoms with E-state index in [1.54, 1.807) is 6.33 Å². The van der Waals surface area contributed by atoms with Crippen molar-refractivity contribution in [1.29, 1.82) is 0 Å². The molecule has 6 heteroatoms. The van der Waals surface area contributed by atoms with Crippen LogP contribution in [0.2, 0.25) is 0 Å². The standard InChI is InChI=1S/C13H22N4O2/c1-4-19-13(18)11-6-5-7-16(11)8-12-14-9-15-17(12)10(2)3/h9-11H,4-8H2,1-3H3. The summed E-state index contributed by atoms with van der Waals surface area (Å²) in [4.78, 5) is 18.3. The van der Waals surface area contributed by atoms with Crippen LogP contribution in [-0.2, 0) is 16.1 Å². The largest absolute Gasteiger partial charge is 0.465 e. The number of rotatable bonds is 5. The fraction of sp³-hybridized carbons (Fsp3) is 0.769. The summed E-state index contributed by atoms with van der Waals surface area (Å²) in [6.07, 6.45) is 3.47. The highest BCUT2D eigenvalue weighted by Crippen LogP contribution is 2.21. The van der Waals surface area contributed by atoms with Crippen LogP contribution in [0.25, 0.3) is 0 Å². The predicted molar refractivity (Wildman–Crippen MR) is 70.5 cm³/mol. The zero-order valence-electron chi connectivity index (χ0n) is 11.9. The van der Waals surface area contributed by atoms with E-state index in [2.05, 4.69) is 28.8 Å². The van der Waals surface area contributed by atoms with Gasteiger partial charge in [0.25, 0.3) is 0 Å². The molecule has 1 aromatic heterocycles. The molecule has 0 N–H and O–H groups in total. The number of ether oxygens (including phenoxy) is 1. The lowest BCUT2D eigenvalue weighted by molar-refractivity contribution is -0.148. The Bertz CT molecular complexity index is 430. The number of aromatic nitrogens is 3. The highest BCUT2D eigenvalue weighted by Gasteiger charge is 2.32. The van der Waals surface area contributed by atoms with E-state index < -0.39 is 0 Å². The van der Waals surface area contributed by atoms with Gasteiger partial charge in [-0.15, -0.1) is 0 Å². The number of hydrogen-bond donors (Lipinski definition) is 0. The molecule has 1 aliphatic heterocycles. The van der Waals surface area contributed by atoms with E-state index in [9.17, 15) is 4.79 Å². The maximum Gasteiger partial charge on any atom is 0.323 e. The summed E-state index contributed by atoms with van der Waals surface area (Å²) >= 11 is 0. The molecule has 0 spiro atoms. The quantitative estimate of drug-likeness (QED) is 0.754. The second-order valence-corrected chi connectivity index (χ2v) is 5.10. The van der Waals surface area contributed by atoms with Gasteiger partial charge in [-0.2, -0.15) is 5.10 Å². The van der Waals surface area contributed by atoms with Gasteiger partial charge in [0.1, 0.15) is 18.2 Å². The third kappa shape index (κ3) is 3.12. The summed E-state index contributed by atoms with van der Waals surface area (Å²) in [5.41, 5.74) is 0.